The number of rotatable bonds is 3. The highest BCUT2D eigenvalue weighted by Crippen LogP contribution is 2.38. The Morgan fingerprint density at radius 1 is 1.35 bits per heavy atom. The lowest BCUT2D eigenvalue weighted by Gasteiger charge is -2.24. The van der Waals surface area contributed by atoms with Crippen LogP contribution in [-0.4, -0.2) is 45.9 Å². The highest BCUT2D eigenvalue weighted by Gasteiger charge is 2.43. The van der Waals surface area contributed by atoms with Crippen molar-refractivity contribution in [1.82, 2.24) is 20.4 Å². The molecule has 0 bridgehead atoms. The number of alkyl carbamates (subject to hydrolysis) is 1. The molecule has 0 radical (unpaired) electrons. The molecule has 1 saturated carbocycles. The van der Waals surface area contributed by atoms with Gasteiger partial charge in [0.05, 0.1) is 6.54 Å². The number of ether oxygens (including phenoxy) is 1. The number of fused-ring (bicyclic) bond motifs is 1. The van der Waals surface area contributed by atoms with Gasteiger partial charge in [0.1, 0.15) is 5.60 Å². The minimum atomic E-state index is -0.459. The fourth-order valence-corrected chi connectivity index (χ4v) is 3.72. The second-order valence-corrected chi connectivity index (χ2v) is 7.66. The standard InChI is InChI=1S/C16H26N4O3/c1-10-18-19-14(22-10)9-20-7-11-5-6-13(12(11)8-20)17-15(21)23-16(2,3)4/h11-13H,5-9H2,1-4H3,(H,17,21)/t11-,12-,13+/m0/s1. The Morgan fingerprint density at radius 2 is 2.13 bits per heavy atom. The first-order valence-corrected chi connectivity index (χ1v) is 8.31. The average molecular weight is 322 g/mol. The van der Waals surface area contributed by atoms with Crippen molar-refractivity contribution in [3.8, 4) is 0 Å². The average Bonchev–Trinajstić information content (AvgIpc) is 3.06. The van der Waals surface area contributed by atoms with E-state index in [-0.39, 0.29) is 12.1 Å². The summed E-state index contributed by atoms with van der Waals surface area (Å²) in [6, 6.07) is 0.198. The van der Waals surface area contributed by atoms with Crippen LogP contribution in [0, 0.1) is 18.8 Å². The largest absolute Gasteiger partial charge is 0.444 e. The number of likely N-dealkylation sites (tertiary alicyclic amines) is 1. The van der Waals surface area contributed by atoms with Crippen LogP contribution in [0.25, 0.3) is 0 Å². The number of aromatic nitrogens is 2. The van der Waals surface area contributed by atoms with E-state index in [1.165, 1.54) is 0 Å². The molecule has 0 unspecified atom stereocenters. The Bertz CT molecular complexity index is 566. The third kappa shape index (κ3) is 4.02. The number of hydrogen-bond acceptors (Lipinski definition) is 6. The predicted molar refractivity (Wildman–Crippen MR) is 83.7 cm³/mol. The van der Waals surface area contributed by atoms with Crippen LogP contribution in [0.5, 0.6) is 0 Å². The van der Waals surface area contributed by atoms with Gasteiger partial charge in [-0.05, 0) is 45.4 Å². The molecule has 1 N–H and O–H groups in total. The summed E-state index contributed by atoms with van der Waals surface area (Å²) in [5.74, 6) is 2.37. The Morgan fingerprint density at radius 3 is 2.78 bits per heavy atom. The van der Waals surface area contributed by atoms with Crippen LogP contribution in [0.4, 0.5) is 4.79 Å². The minimum Gasteiger partial charge on any atom is -0.444 e. The molecule has 1 aromatic heterocycles. The number of amides is 1. The van der Waals surface area contributed by atoms with Crippen molar-refractivity contribution in [3.63, 3.8) is 0 Å². The van der Waals surface area contributed by atoms with Gasteiger partial charge in [0.2, 0.25) is 11.8 Å². The number of hydrogen-bond donors (Lipinski definition) is 1. The van der Waals surface area contributed by atoms with E-state index in [9.17, 15) is 4.79 Å². The molecule has 2 fully saturated rings. The first-order chi connectivity index (χ1) is 10.8. The Labute approximate surface area is 136 Å². The Hall–Kier alpha value is -1.63. The van der Waals surface area contributed by atoms with Gasteiger partial charge in [0.15, 0.2) is 0 Å². The third-order valence-corrected chi connectivity index (χ3v) is 4.56. The molecular formula is C16H26N4O3. The lowest BCUT2D eigenvalue weighted by molar-refractivity contribution is 0.0491. The maximum atomic E-state index is 12.0. The third-order valence-electron chi connectivity index (χ3n) is 4.56. The van der Waals surface area contributed by atoms with Gasteiger partial charge in [0, 0.05) is 26.1 Å². The van der Waals surface area contributed by atoms with Gasteiger partial charge in [-0.3, -0.25) is 4.90 Å². The van der Waals surface area contributed by atoms with Crippen LogP contribution < -0.4 is 5.32 Å². The fraction of sp³-hybridized carbons (Fsp3) is 0.812. The van der Waals surface area contributed by atoms with Crippen LogP contribution >= 0.6 is 0 Å². The smallest absolute Gasteiger partial charge is 0.407 e. The monoisotopic (exact) mass is 322 g/mol. The molecule has 3 atom stereocenters. The Kier molecular flexibility index (Phi) is 4.31. The second kappa shape index (κ2) is 6.11. The SMILES string of the molecule is Cc1nnc(CN2C[C@@H]3CC[C@@H](NC(=O)OC(C)(C)C)[C@H]3C2)o1. The van der Waals surface area contributed by atoms with Gasteiger partial charge in [-0.15, -0.1) is 10.2 Å². The molecule has 2 aliphatic rings. The van der Waals surface area contributed by atoms with Crippen molar-refractivity contribution in [2.75, 3.05) is 13.1 Å². The molecule has 1 amide bonds. The summed E-state index contributed by atoms with van der Waals surface area (Å²) < 4.78 is 10.8. The molecule has 7 heteroatoms. The molecule has 1 aromatic rings. The van der Waals surface area contributed by atoms with E-state index in [1.54, 1.807) is 6.92 Å². The van der Waals surface area contributed by atoms with Gasteiger partial charge in [-0.25, -0.2) is 4.79 Å². The molecule has 1 aliphatic carbocycles. The number of aryl methyl sites for hydroxylation is 1. The second-order valence-electron chi connectivity index (χ2n) is 7.66. The van der Waals surface area contributed by atoms with Crippen molar-refractivity contribution in [2.24, 2.45) is 11.8 Å². The molecule has 7 nitrogen and oxygen atoms in total. The summed E-state index contributed by atoms with van der Waals surface area (Å²) in [6.07, 6.45) is 1.86. The van der Waals surface area contributed by atoms with E-state index >= 15 is 0 Å². The van der Waals surface area contributed by atoms with Gasteiger partial charge in [-0.1, -0.05) is 0 Å². The molecule has 128 valence electrons. The highest BCUT2D eigenvalue weighted by molar-refractivity contribution is 5.68. The first kappa shape index (κ1) is 16.2. The summed E-state index contributed by atoms with van der Waals surface area (Å²) >= 11 is 0. The number of carbonyl (C=O) groups excluding carboxylic acids is 1. The molecule has 1 saturated heterocycles. The lowest BCUT2D eigenvalue weighted by atomic mass is 9.98. The normalized spacial score (nSPS) is 27.9. The summed E-state index contributed by atoms with van der Waals surface area (Å²) in [7, 11) is 0. The van der Waals surface area contributed by atoms with Crippen LogP contribution in [0.2, 0.25) is 0 Å². The zero-order chi connectivity index (χ0) is 16.6. The summed E-state index contributed by atoms with van der Waals surface area (Å²) in [5, 5.41) is 11.0. The zero-order valence-electron chi connectivity index (χ0n) is 14.3. The van der Waals surface area contributed by atoms with Crippen LogP contribution in [0.15, 0.2) is 4.42 Å². The van der Waals surface area contributed by atoms with E-state index < -0.39 is 5.60 Å². The Balaban J connectivity index is 1.53. The van der Waals surface area contributed by atoms with E-state index in [2.05, 4.69) is 20.4 Å². The fourth-order valence-electron chi connectivity index (χ4n) is 3.72. The zero-order valence-corrected chi connectivity index (χ0v) is 14.3. The topological polar surface area (TPSA) is 80.5 Å². The van der Waals surface area contributed by atoms with Gasteiger partial charge >= 0.3 is 6.09 Å². The quantitative estimate of drug-likeness (QED) is 0.918. The summed E-state index contributed by atoms with van der Waals surface area (Å²) in [5.41, 5.74) is -0.459. The van der Waals surface area contributed by atoms with E-state index in [4.69, 9.17) is 9.15 Å². The maximum absolute atomic E-state index is 12.0. The van der Waals surface area contributed by atoms with Gasteiger partial charge in [0.25, 0.3) is 0 Å². The van der Waals surface area contributed by atoms with Crippen molar-refractivity contribution in [3.05, 3.63) is 11.8 Å². The van der Waals surface area contributed by atoms with Gasteiger partial charge in [-0.2, -0.15) is 0 Å². The van der Waals surface area contributed by atoms with Crippen molar-refractivity contribution in [2.45, 2.75) is 58.7 Å². The minimum absolute atomic E-state index is 0.198. The lowest BCUT2D eigenvalue weighted by Crippen LogP contribution is -2.42. The van der Waals surface area contributed by atoms with Crippen LogP contribution in [-0.2, 0) is 11.3 Å². The number of nitrogens with zero attached hydrogens (tertiary/aromatic N) is 3. The summed E-state index contributed by atoms with van der Waals surface area (Å²) in [6.45, 7) is 10.1. The van der Waals surface area contributed by atoms with Crippen molar-refractivity contribution >= 4 is 6.09 Å². The molecular weight excluding hydrogens is 296 g/mol. The molecule has 3 rings (SSSR count). The predicted octanol–water partition coefficient (Wildman–Crippen LogP) is 2.11. The van der Waals surface area contributed by atoms with Crippen molar-refractivity contribution < 1.29 is 13.9 Å². The maximum Gasteiger partial charge on any atom is 0.407 e. The highest BCUT2D eigenvalue weighted by atomic mass is 16.6. The first-order valence-electron chi connectivity index (χ1n) is 8.31. The molecule has 0 spiro atoms. The van der Waals surface area contributed by atoms with Crippen molar-refractivity contribution in [1.29, 1.82) is 0 Å². The number of nitrogens with one attached hydrogen (secondary N) is 1. The molecule has 0 aromatic carbocycles. The van der Waals surface area contributed by atoms with E-state index in [0.29, 0.717) is 30.2 Å². The van der Waals surface area contributed by atoms with Gasteiger partial charge < -0.3 is 14.5 Å². The van der Waals surface area contributed by atoms with E-state index in [1.807, 2.05) is 20.8 Å². The molecule has 23 heavy (non-hydrogen) atoms. The van der Waals surface area contributed by atoms with E-state index in [0.717, 1.165) is 25.9 Å². The molecule has 1 aliphatic heterocycles. The molecule has 2 heterocycles. The van der Waals surface area contributed by atoms with Crippen LogP contribution in [0.1, 0.15) is 45.4 Å². The van der Waals surface area contributed by atoms with Crippen LogP contribution in [0.3, 0.4) is 0 Å². The summed E-state index contributed by atoms with van der Waals surface area (Å²) in [4.78, 5) is 14.3. The number of carbonyl (C=O) groups is 1.